The van der Waals surface area contributed by atoms with Crippen LogP contribution in [0.5, 0.6) is 0 Å². The Labute approximate surface area is 124 Å². The van der Waals surface area contributed by atoms with Crippen molar-refractivity contribution >= 4 is 11.7 Å². The minimum atomic E-state index is -0.221. The van der Waals surface area contributed by atoms with E-state index in [2.05, 4.69) is 11.0 Å². The summed E-state index contributed by atoms with van der Waals surface area (Å²) in [6.45, 7) is 1.69. The Kier molecular flexibility index (Phi) is 3.78. The van der Waals surface area contributed by atoms with E-state index in [0.29, 0.717) is 17.9 Å². The molecule has 0 saturated carbocycles. The number of amides is 1. The number of fused-ring (bicyclic) bond motifs is 1. The van der Waals surface area contributed by atoms with Crippen LogP contribution >= 0.6 is 0 Å². The van der Waals surface area contributed by atoms with Crippen LogP contribution in [0.4, 0.5) is 5.82 Å². The zero-order valence-corrected chi connectivity index (χ0v) is 12.1. The first-order valence-electron chi connectivity index (χ1n) is 7.63. The largest absolute Gasteiger partial charge is 0.370 e. The van der Waals surface area contributed by atoms with Gasteiger partial charge in [-0.25, -0.2) is 4.98 Å². The first-order chi connectivity index (χ1) is 10.2. The van der Waals surface area contributed by atoms with E-state index in [1.54, 1.807) is 0 Å². The molecule has 1 amide bonds. The number of rotatable bonds is 3. The molecule has 0 unspecified atom stereocenters. The molecule has 1 saturated heterocycles. The number of carbonyl (C=O) groups excluding carboxylic acids is 1. The highest BCUT2D eigenvalue weighted by molar-refractivity contribution is 5.74. The summed E-state index contributed by atoms with van der Waals surface area (Å²) >= 11 is 0. The molecule has 1 aromatic heterocycles. The van der Waals surface area contributed by atoms with Crippen LogP contribution < -0.4 is 10.6 Å². The molecule has 0 bridgehead atoms. The third-order valence-electron chi connectivity index (χ3n) is 4.56. The predicted molar refractivity (Wildman–Crippen MR) is 79.7 cm³/mol. The van der Waals surface area contributed by atoms with Crippen molar-refractivity contribution in [1.29, 1.82) is 5.26 Å². The topological polar surface area (TPSA) is 83.0 Å². The third kappa shape index (κ3) is 2.85. The highest BCUT2D eigenvalue weighted by atomic mass is 16.1. The van der Waals surface area contributed by atoms with Gasteiger partial charge in [0.05, 0.1) is 5.56 Å². The lowest BCUT2D eigenvalue weighted by Crippen LogP contribution is -2.36. The van der Waals surface area contributed by atoms with Crippen molar-refractivity contribution in [2.75, 3.05) is 18.0 Å². The van der Waals surface area contributed by atoms with Crippen LogP contribution in [0.15, 0.2) is 6.07 Å². The number of nitrogens with zero attached hydrogens (tertiary/aromatic N) is 3. The maximum absolute atomic E-state index is 11.0. The second kappa shape index (κ2) is 5.72. The number of carbonyl (C=O) groups is 1. The smallest absolute Gasteiger partial charge is 0.217 e. The molecule has 0 spiro atoms. The lowest BCUT2D eigenvalue weighted by Gasteiger charge is -2.33. The van der Waals surface area contributed by atoms with Crippen molar-refractivity contribution in [3.8, 4) is 6.07 Å². The summed E-state index contributed by atoms with van der Waals surface area (Å²) in [7, 11) is 0. The van der Waals surface area contributed by atoms with Gasteiger partial charge in [-0.2, -0.15) is 5.26 Å². The van der Waals surface area contributed by atoms with Gasteiger partial charge < -0.3 is 10.6 Å². The van der Waals surface area contributed by atoms with Crippen LogP contribution in [0.2, 0.25) is 0 Å². The fourth-order valence-corrected chi connectivity index (χ4v) is 3.42. The molecule has 3 rings (SSSR count). The number of hydrogen-bond acceptors (Lipinski definition) is 4. The minimum Gasteiger partial charge on any atom is -0.370 e. The van der Waals surface area contributed by atoms with Gasteiger partial charge in [0.15, 0.2) is 0 Å². The zero-order valence-electron chi connectivity index (χ0n) is 12.1. The number of aryl methyl sites for hydroxylation is 2. The number of hydrogen-bond donors (Lipinski definition) is 1. The SMILES string of the molecule is N#Cc1cc2c(nc1N1CCC(CC(N)=O)CC1)CCC2. The number of aromatic nitrogens is 1. The van der Waals surface area contributed by atoms with Gasteiger partial charge in [0.2, 0.25) is 5.91 Å². The lowest BCUT2D eigenvalue weighted by molar-refractivity contribution is -0.119. The molecule has 5 nitrogen and oxygen atoms in total. The summed E-state index contributed by atoms with van der Waals surface area (Å²) in [5.41, 5.74) is 8.34. The van der Waals surface area contributed by atoms with Crippen LogP contribution in [0.25, 0.3) is 0 Å². The Morgan fingerprint density at radius 3 is 2.86 bits per heavy atom. The Morgan fingerprint density at radius 1 is 1.43 bits per heavy atom. The molecule has 1 aliphatic carbocycles. The molecular formula is C16H20N4O. The quantitative estimate of drug-likeness (QED) is 0.912. The van der Waals surface area contributed by atoms with E-state index >= 15 is 0 Å². The van der Waals surface area contributed by atoms with Crippen LogP contribution in [0.3, 0.4) is 0 Å². The zero-order chi connectivity index (χ0) is 14.8. The van der Waals surface area contributed by atoms with E-state index in [-0.39, 0.29) is 5.91 Å². The molecule has 110 valence electrons. The fourth-order valence-electron chi connectivity index (χ4n) is 3.42. The molecule has 2 N–H and O–H groups in total. The molecule has 1 aliphatic heterocycles. The normalized spacial score (nSPS) is 18.3. The summed E-state index contributed by atoms with van der Waals surface area (Å²) in [5, 5.41) is 9.37. The van der Waals surface area contributed by atoms with Crippen molar-refractivity contribution < 1.29 is 4.79 Å². The van der Waals surface area contributed by atoms with Crippen molar-refractivity contribution in [2.45, 2.75) is 38.5 Å². The van der Waals surface area contributed by atoms with Gasteiger partial charge in [-0.15, -0.1) is 0 Å². The van der Waals surface area contributed by atoms with Gasteiger partial charge in [-0.05, 0) is 49.7 Å². The van der Waals surface area contributed by atoms with Crippen molar-refractivity contribution in [3.05, 3.63) is 22.9 Å². The van der Waals surface area contributed by atoms with Gasteiger partial charge in [0, 0.05) is 25.2 Å². The summed E-state index contributed by atoms with van der Waals surface area (Å²) < 4.78 is 0. The Morgan fingerprint density at radius 2 is 2.19 bits per heavy atom. The van der Waals surface area contributed by atoms with E-state index in [1.807, 2.05) is 6.07 Å². The average Bonchev–Trinajstić information content (AvgIpc) is 2.93. The summed E-state index contributed by atoms with van der Waals surface area (Å²) in [6, 6.07) is 4.30. The molecule has 21 heavy (non-hydrogen) atoms. The highest BCUT2D eigenvalue weighted by Gasteiger charge is 2.25. The van der Waals surface area contributed by atoms with E-state index in [4.69, 9.17) is 10.7 Å². The molecular weight excluding hydrogens is 264 g/mol. The van der Waals surface area contributed by atoms with Gasteiger partial charge in [0.25, 0.3) is 0 Å². The Hall–Kier alpha value is -2.09. The molecule has 1 aromatic rings. The predicted octanol–water partition coefficient (Wildman–Crippen LogP) is 1.53. The molecule has 0 aromatic carbocycles. The van der Waals surface area contributed by atoms with Crippen molar-refractivity contribution in [1.82, 2.24) is 4.98 Å². The molecule has 0 radical (unpaired) electrons. The standard InChI is InChI=1S/C16H20N4O/c17-10-13-9-12-2-1-3-14(12)19-16(13)20-6-4-11(5-7-20)8-15(18)21/h9,11H,1-8H2,(H2,18,21). The number of primary amides is 1. The average molecular weight is 284 g/mol. The number of nitriles is 1. The maximum atomic E-state index is 11.0. The number of anilines is 1. The van der Waals surface area contributed by atoms with Crippen LogP contribution in [-0.2, 0) is 17.6 Å². The molecule has 1 fully saturated rings. The van der Waals surface area contributed by atoms with Gasteiger partial charge in [0.1, 0.15) is 11.9 Å². The first-order valence-corrected chi connectivity index (χ1v) is 7.63. The van der Waals surface area contributed by atoms with Gasteiger partial charge in [-0.3, -0.25) is 4.79 Å². The minimum absolute atomic E-state index is 0.221. The summed E-state index contributed by atoms with van der Waals surface area (Å²) in [4.78, 5) is 17.9. The Bertz CT molecular complexity index is 597. The summed E-state index contributed by atoms with van der Waals surface area (Å²) in [5.74, 6) is 0.983. The van der Waals surface area contributed by atoms with Crippen LogP contribution in [-0.4, -0.2) is 24.0 Å². The molecule has 0 atom stereocenters. The van der Waals surface area contributed by atoms with Crippen LogP contribution in [0.1, 0.15) is 42.5 Å². The number of pyridine rings is 1. The second-order valence-corrected chi connectivity index (χ2v) is 6.03. The van der Waals surface area contributed by atoms with Crippen molar-refractivity contribution in [2.24, 2.45) is 11.7 Å². The van der Waals surface area contributed by atoms with Gasteiger partial charge >= 0.3 is 0 Å². The molecule has 2 heterocycles. The van der Waals surface area contributed by atoms with Gasteiger partial charge in [-0.1, -0.05) is 0 Å². The highest BCUT2D eigenvalue weighted by Crippen LogP contribution is 2.30. The number of piperidine rings is 1. The Balaban J connectivity index is 1.76. The van der Waals surface area contributed by atoms with E-state index in [0.717, 1.165) is 56.7 Å². The van der Waals surface area contributed by atoms with E-state index in [9.17, 15) is 10.1 Å². The summed E-state index contributed by atoms with van der Waals surface area (Å²) in [6.07, 6.45) is 5.54. The van der Waals surface area contributed by atoms with Crippen molar-refractivity contribution in [3.63, 3.8) is 0 Å². The van der Waals surface area contributed by atoms with E-state index in [1.165, 1.54) is 5.56 Å². The molecule has 5 heteroatoms. The lowest BCUT2D eigenvalue weighted by atomic mass is 9.93. The molecule has 2 aliphatic rings. The monoisotopic (exact) mass is 284 g/mol. The van der Waals surface area contributed by atoms with Crippen LogP contribution in [0, 0.1) is 17.2 Å². The number of nitrogens with two attached hydrogens (primary N) is 1. The van der Waals surface area contributed by atoms with E-state index < -0.39 is 0 Å². The maximum Gasteiger partial charge on any atom is 0.217 e. The first kappa shape index (κ1) is 13.9. The third-order valence-corrected chi connectivity index (χ3v) is 4.56. The second-order valence-electron chi connectivity index (χ2n) is 6.03. The fraction of sp³-hybridized carbons (Fsp3) is 0.562.